The van der Waals surface area contributed by atoms with Crippen LogP contribution in [0.5, 0.6) is 0 Å². The quantitative estimate of drug-likeness (QED) is 0.781. The molecular formula is C18H17ClF3N3O2. The second-order valence-corrected chi connectivity index (χ2v) is 6.21. The van der Waals surface area contributed by atoms with Crippen LogP contribution in [-0.2, 0) is 17.4 Å². The zero-order chi connectivity index (χ0) is 20.2. The Hall–Kier alpha value is -2.61. The van der Waals surface area contributed by atoms with Crippen molar-refractivity contribution in [3.8, 4) is 0 Å². The van der Waals surface area contributed by atoms with Gasteiger partial charge in [0.05, 0.1) is 22.2 Å². The van der Waals surface area contributed by atoms with Crippen molar-refractivity contribution in [2.24, 2.45) is 5.73 Å². The molecule has 0 bridgehead atoms. The van der Waals surface area contributed by atoms with Gasteiger partial charge in [0, 0.05) is 18.3 Å². The smallest absolute Gasteiger partial charge is 0.366 e. The van der Waals surface area contributed by atoms with Crippen molar-refractivity contribution < 1.29 is 22.8 Å². The number of nitrogens with one attached hydrogen (secondary N) is 1. The number of primary amides is 1. The lowest BCUT2D eigenvalue weighted by atomic mass is 9.93. The molecule has 2 amide bonds. The highest BCUT2D eigenvalue weighted by molar-refractivity contribution is 6.31. The molecule has 0 aliphatic rings. The molecule has 1 unspecified atom stereocenters. The van der Waals surface area contributed by atoms with Gasteiger partial charge < -0.3 is 11.1 Å². The molecule has 0 saturated heterocycles. The molecule has 0 spiro atoms. The number of rotatable bonds is 6. The summed E-state index contributed by atoms with van der Waals surface area (Å²) < 4.78 is 38.4. The number of nitrogens with zero attached hydrogens (tertiary/aromatic N) is 1. The number of carbonyl (C=O) groups is 2. The molecule has 1 heterocycles. The van der Waals surface area contributed by atoms with Gasteiger partial charge in [-0.1, -0.05) is 23.7 Å². The van der Waals surface area contributed by atoms with Gasteiger partial charge in [-0.05, 0) is 37.1 Å². The summed E-state index contributed by atoms with van der Waals surface area (Å²) in [4.78, 5) is 27.4. The monoisotopic (exact) mass is 399 g/mol. The number of hydrogen-bond donors (Lipinski definition) is 2. The number of pyridine rings is 1. The molecule has 0 saturated carbocycles. The van der Waals surface area contributed by atoms with E-state index < -0.39 is 29.5 Å². The van der Waals surface area contributed by atoms with Crippen molar-refractivity contribution >= 4 is 23.4 Å². The number of nitrogens with two attached hydrogens (primary N) is 1. The molecule has 1 aromatic carbocycles. The number of alkyl halides is 3. The van der Waals surface area contributed by atoms with Gasteiger partial charge in [0.25, 0.3) is 0 Å². The highest BCUT2D eigenvalue weighted by atomic mass is 35.5. The third-order valence-electron chi connectivity index (χ3n) is 3.87. The Morgan fingerprint density at radius 1 is 1.26 bits per heavy atom. The third-order valence-corrected chi connectivity index (χ3v) is 4.18. The van der Waals surface area contributed by atoms with Crippen LogP contribution < -0.4 is 11.1 Å². The first-order valence-corrected chi connectivity index (χ1v) is 8.40. The van der Waals surface area contributed by atoms with E-state index in [9.17, 15) is 22.8 Å². The minimum Gasteiger partial charge on any atom is -0.366 e. The second kappa shape index (κ2) is 8.39. The summed E-state index contributed by atoms with van der Waals surface area (Å²) in [5.41, 5.74) is 5.23. The predicted molar refractivity (Wildman–Crippen MR) is 94.3 cm³/mol. The standard InChI is InChI=1S/C18H17ClF3N3O2/c1-2-24-17(27)13(7-10-3-5-11(6-4-10)16(23)26)15-14(19)8-12(9-25-15)18(20,21)22/h3-6,8-9,13H,2,7H2,1H3,(H2,23,26)(H,24,27). The fourth-order valence-corrected chi connectivity index (χ4v) is 2.81. The maximum Gasteiger partial charge on any atom is 0.417 e. The second-order valence-electron chi connectivity index (χ2n) is 5.80. The van der Waals surface area contributed by atoms with Gasteiger partial charge >= 0.3 is 6.18 Å². The molecule has 9 heteroatoms. The summed E-state index contributed by atoms with van der Waals surface area (Å²) >= 11 is 6.00. The van der Waals surface area contributed by atoms with Crippen LogP contribution >= 0.6 is 11.6 Å². The Balaban J connectivity index is 2.37. The minimum atomic E-state index is -4.58. The van der Waals surface area contributed by atoms with E-state index in [2.05, 4.69) is 10.3 Å². The number of likely N-dealkylation sites (N-methyl/N-ethyl adjacent to an activating group) is 1. The van der Waals surface area contributed by atoms with Gasteiger partial charge in [-0.3, -0.25) is 14.6 Å². The first-order chi connectivity index (χ1) is 12.6. The van der Waals surface area contributed by atoms with Crippen molar-refractivity contribution in [2.75, 3.05) is 6.54 Å². The number of aromatic nitrogens is 1. The van der Waals surface area contributed by atoms with E-state index in [0.717, 1.165) is 6.07 Å². The van der Waals surface area contributed by atoms with E-state index in [1.165, 1.54) is 12.1 Å². The third kappa shape index (κ3) is 5.19. The average Bonchev–Trinajstić information content (AvgIpc) is 2.59. The van der Waals surface area contributed by atoms with Crippen molar-refractivity contribution in [3.05, 3.63) is 63.9 Å². The van der Waals surface area contributed by atoms with E-state index in [1.807, 2.05) is 0 Å². The summed E-state index contributed by atoms with van der Waals surface area (Å²) in [7, 11) is 0. The van der Waals surface area contributed by atoms with Crippen molar-refractivity contribution in [1.82, 2.24) is 10.3 Å². The number of carbonyl (C=O) groups excluding carboxylic acids is 2. The molecular weight excluding hydrogens is 383 g/mol. The van der Waals surface area contributed by atoms with Crippen LogP contribution in [0.3, 0.4) is 0 Å². The van der Waals surface area contributed by atoms with Gasteiger partial charge in [0.2, 0.25) is 11.8 Å². The molecule has 0 radical (unpaired) electrons. The summed E-state index contributed by atoms with van der Waals surface area (Å²) in [6.07, 6.45) is -3.78. The maximum absolute atomic E-state index is 12.8. The Kier molecular flexibility index (Phi) is 6.43. The lowest BCUT2D eigenvalue weighted by Gasteiger charge is -2.18. The van der Waals surface area contributed by atoms with Crippen molar-refractivity contribution in [1.29, 1.82) is 0 Å². The van der Waals surface area contributed by atoms with Crippen LogP contribution in [0.25, 0.3) is 0 Å². The summed E-state index contributed by atoms with van der Waals surface area (Å²) in [6, 6.07) is 7.00. The zero-order valence-corrected chi connectivity index (χ0v) is 15.1. The number of benzene rings is 1. The van der Waals surface area contributed by atoms with Gasteiger partial charge in [-0.15, -0.1) is 0 Å². The van der Waals surface area contributed by atoms with Crippen LogP contribution in [0.15, 0.2) is 36.5 Å². The van der Waals surface area contributed by atoms with Crippen molar-refractivity contribution in [2.45, 2.75) is 25.4 Å². The Labute approximate surface area is 158 Å². The molecule has 1 atom stereocenters. The lowest BCUT2D eigenvalue weighted by Crippen LogP contribution is -2.31. The van der Waals surface area contributed by atoms with Crippen molar-refractivity contribution in [3.63, 3.8) is 0 Å². The summed E-state index contributed by atoms with van der Waals surface area (Å²) in [5, 5.41) is 2.39. The molecule has 0 fully saturated rings. The predicted octanol–water partition coefficient (Wildman–Crippen LogP) is 3.32. The van der Waals surface area contributed by atoms with Gasteiger partial charge in [0.1, 0.15) is 0 Å². The minimum absolute atomic E-state index is 0.0506. The molecule has 0 aliphatic heterocycles. The number of amides is 2. The molecule has 27 heavy (non-hydrogen) atoms. The largest absolute Gasteiger partial charge is 0.417 e. The zero-order valence-electron chi connectivity index (χ0n) is 14.3. The van der Waals surface area contributed by atoms with Crippen LogP contribution in [-0.4, -0.2) is 23.3 Å². The molecule has 5 nitrogen and oxygen atoms in total. The van der Waals surface area contributed by atoms with Gasteiger partial charge in [0.15, 0.2) is 0 Å². The number of halogens is 4. The topological polar surface area (TPSA) is 85.1 Å². The van der Waals surface area contributed by atoms with E-state index in [1.54, 1.807) is 19.1 Å². The lowest BCUT2D eigenvalue weighted by molar-refractivity contribution is -0.137. The highest BCUT2D eigenvalue weighted by Crippen LogP contribution is 2.33. The molecule has 1 aromatic heterocycles. The molecule has 3 N–H and O–H groups in total. The Morgan fingerprint density at radius 3 is 2.37 bits per heavy atom. The number of hydrogen-bond acceptors (Lipinski definition) is 3. The first-order valence-electron chi connectivity index (χ1n) is 8.02. The van der Waals surface area contributed by atoms with Crippen LogP contribution in [0.1, 0.15) is 40.0 Å². The van der Waals surface area contributed by atoms with E-state index in [-0.39, 0.29) is 17.1 Å². The summed E-state index contributed by atoms with van der Waals surface area (Å²) in [6.45, 7) is 2.06. The molecule has 2 aromatic rings. The normalized spacial score (nSPS) is 12.5. The average molecular weight is 400 g/mol. The van der Waals surface area contributed by atoms with E-state index in [0.29, 0.717) is 23.9 Å². The molecule has 2 rings (SSSR count). The summed E-state index contributed by atoms with van der Waals surface area (Å²) in [5.74, 6) is -1.89. The molecule has 0 aliphatic carbocycles. The first kappa shape index (κ1) is 20.7. The van der Waals surface area contributed by atoms with E-state index >= 15 is 0 Å². The van der Waals surface area contributed by atoms with Gasteiger partial charge in [-0.25, -0.2) is 0 Å². The Bertz CT molecular complexity index is 839. The van der Waals surface area contributed by atoms with E-state index in [4.69, 9.17) is 17.3 Å². The van der Waals surface area contributed by atoms with Gasteiger partial charge in [-0.2, -0.15) is 13.2 Å². The van der Waals surface area contributed by atoms with Crippen LogP contribution in [0.2, 0.25) is 5.02 Å². The SMILES string of the molecule is CCNC(=O)C(Cc1ccc(C(N)=O)cc1)c1ncc(C(F)(F)F)cc1Cl. The van der Waals surface area contributed by atoms with Crippen LogP contribution in [0.4, 0.5) is 13.2 Å². The highest BCUT2D eigenvalue weighted by Gasteiger charge is 2.33. The fraction of sp³-hybridized carbons (Fsp3) is 0.278. The molecule has 144 valence electrons. The maximum atomic E-state index is 12.8. The Morgan fingerprint density at radius 2 is 1.89 bits per heavy atom. The fourth-order valence-electron chi connectivity index (χ4n) is 2.51. The van der Waals surface area contributed by atoms with Crippen LogP contribution in [0, 0.1) is 0 Å².